The second kappa shape index (κ2) is 6.26. The van der Waals surface area contributed by atoms with Crippen molar-refractivity contribution in [1.29, 1.82) is 0 Å². The first-order valence-electron chi connectivity index (χ1n) is 7.63. The summed E-state index contributed by atoms with van der Waals surface area (Å²) in [7, 11) is 0. The van der Waals surface area contributed by atoms with Gasteiger partial charge in [-0.25, -0.2) is 8.78 Å². The molecule has 6 heteroatoms. The molecule has 0 aliphatic heterocycles. The van der Waals surface area contributed by atoms with Gasteiger partial charge in [0.1, 0.15) is 11.6 Å². The first kappa shape index (κ1) is 17.4. The van der Waals surface area contributed by atoms with Gasteiger partial charge < -0.3 is 10.4 Å². The van der Waals surface area contributed by atoms with E-state index >= 15 is 0 Å². The van der Waals surface area contributed by atoms with Crippen LogP contribution in [-0.4, -0.2) is 22.5 Å². The Balaban J connectivity index is 2.08. The molecule has 3 atom stereocenters. The van der Waals surface area contributed by atoms with Crippen molar-refractivity contribution >= 4 is 11.9 Å². The van der Waals surface area contributed by atoms with Crippen molar-refractivity contribution in [2.75, 3.05) is 0 Å². The Morgan fingerprint density at radius 1 is 1.39 bits per heavy atom. The highest BCUT2D eigenvalue weighted by atomic mass is 19.1. The molecule has 0 spiro atoms. The third kappa shape index (κ3) is 3.86. The highest BCUT2D eigenvalue weighted by Crippen LogP contribution is 2.48. The Bertz CT molecular complexity index is 632. The SMILES string of the molecule is CC(C)C(C)(CC(=O)O)NC(=O)C1CC1c1cc(F)ccc1F. The molecule has 2 N–H and O–H groups in total. The summed E-state index contributed by atoms with van der Waals surface area (Å²) in [6, 6.07) is 3.21. The fourth-order valence-electron chi connectivity index (χ4n) is 2.71. The van der Waals surface area contributed by atoms with Crippen LogP contribution in [0.15, 0.2) is 18.2 Å². The first-order chi connectivity index (χ1) is 10.6. The number of rotatable bonds is 6. The summed E-state index contributed by atoms with van der Waals surface area (Å²) in [6.07, 6.45) is 0.246. The Labute approximate surface area is 133 Å². The number of hydrogen-bond donors (Lipinski definition) is 2. The standard InChI is InChI=1S/C17H21F2NO3/c1-9(2)17(3,8-15(21)22)20-16(23)13-7-11(13)12-6-10(18)4-5-14(12)19/h4-6,9,11,13H,7-8H2,1-3H3,(H,20,23)(H,21,22). The molecule has 1 aromatic rings. The molecule has 4 nitrogen and oxygen atoms in total. The van der Waals surface area contributed by atoms with Crippen molar-refractivity contribution < 1.29 is 23.5 Å². The van der Waals surface area contributed by atoms with E-state index in [1.165, 1.54) is 0 Å². The van der Waals surface area contributed by atoms with Gasteiger partial charge in [-0.1, -0.05) is 13.8 Å². The summed E-state index contributed by atoms with van der Waals surface area (Å²) < 4.78 is 27.0. The van der Waals surface area contributed by atoms with E-state index in [2.05, 4.69) is 5.32 Å². The van der Waals surface area contributed by atoms with Crippen molar-refractivity contribution in [2.24, 2.45) is 11.8 Å². The molecule has 0 saturated heterocycles. The lowest BCUT2D eigenvalue weighted by Crippen LogP contribution is -2.51. The first-order valence-corrected chi connectivity index (χ1v) is 7.63. The van der Waals surface area contributed by atoms with Gasteiger partial charge >= 0.3 is 5.97 Å². The van der Waals surface area contributed by atoms with E-state index in [1.807, 2.05) is 13.8 Å². The molecule has 1 amide bonds. The minimum absolute atomic E-state index is 0.0781. The van der Waals surface area contributed by atoms with E-state index in [9.17, 15) is 18.4 Å². The fraction of sp³-hybridized carbons (Fsp3) is 0.529. The topological polar surface area (TPSA) is 66.4 Å². The van der Waals surface area contributed by atoms with Crippen LogP contribution in [0.1, 0.15) is 45.1 Å². The zero-order chi connectivity index (χ0) is 17.4. The van der Waals surface area contributed by atoms with Crippen LogP contribution >= 0.6 is 0 Å². The molecule has 126 valence electrons. The van der Waals surface area contributed by atoms with Crippen molar-refractivity contribution in [2.45, 2.75) is 45.1 Å². The van der Waals surface area contributed by atoms with Crippen molar-refractivity contribution in [1.82, 2.24) is 5.32 Å². The molecular formula is C17H21F2NO3. The van der Waals surface area contributed by atoms with E-state index in [4.69, 9.17) is 5.11 Å². The maximum Gasteiger partial charge on any atom is 0.305 e. The average molecular weight is 325 g/mol. The van der Waals surface area contributed by atoms with Gasteiger partial charge in [-0.3, -0.25) is 9.59 Å². The van der Waals surface area contributed by atoms with Crippen molar-refractivity contribution in [3.63, 3.8) is 0 Å². The van der Waals surface area contributed by atoms with Gasteiger partial charge in [0.25, 0.3) is 0 Å². The average Bonchev–Trinajstić information content (AvgIpc) is 3.20. The minimum Gasteiger partial charge on any atom is -0.481 e. The van der Waals surface area contributed by atoms with Gasteiger partial charge in [0.05, 0.1) is 6.42 Å². The number of carbonyl (C=O) groups excluding carboxylic acids is 1. The number of amides is 1. The Morgan fingerprint density at radius 2 is 2.04 bits per heavy atom. The van der Waals surface area contributed by atoms with E-state index in [0.717, 1.165) is 18.2 Å². The summed E-state index contributed by atoms with van der Waals surface area (Å²) in [5.74, 6) is -3.24. The van der Waals surface area contributed by atoms with Crippen LogP contribution < -0.4 is 5.32 Å². The monoisotopic (exact) mass is 325 g/mol. The zero-order valence-electron chi connectivity index (χ0n) is 13.4. The number of carboxylic acid groups (broad SMARTS) is 1. The van der Waals surface area contributed by atoms with Crippen LogP contribution in [0.4, 0.5) is 8.78 Å². The van der Waals surface area contributed by atoms with Crippen molar-refractivity contribution in [3.05, 3.63) is 35.4 Å². The molecule has 23 heavy (non-hydrogen) atoms. The molecule has 1 aliphatic rings. The Hall–Kier alpha value is -1.98. The normalized spacial score (nSPS) is 22.5. The van der Waals surface area contributed by atoms with Crippen LogP contribution in [0.25, 0.3) is 0 Å². The van der Waals surface area contributed by atoms with Gasteiger partial charge in [-0.05, 0) is 48.9 Å². The number of carboxylic acids is 1. The minimum atomic E-state index is -0.995. The summed E-state index contributed by atoms with van der Waals surface area (Å²) >= 11 is 0. The van der Waals surface area contributed by atoms with Crippen molar-refractivity contribution in [3.8, 4) is 0 Å². The largest absolute Gasteiger partial charge is 0.481 e. The number of carbonyl (C=O) groups is 2. The Kier molecular flexibility index (Phi) is 4.73. The number of aliphatic carboxylic acids is 1. The molecule has 0 bridgehead atoms. The fourth-order valence-corrected chi connectivity index (χ4v) is 2.71. The molecule has 0 radical (unpaired) electrons. The lowest BCUT2D eigenvalue weighted by atomic mass is 9.85. The van der Waals surface area contributed by atoms with E-state index < -0.39 is 29.1 Å². The molecule has 1 fully saturated rings. The lowest BCUT2D eigenvalue weighted by Gasteiger charge is -2.33. The van der Waals surface area contributed by atoms with Crippen LogP contribution in [0, 0.1) is 23.5 Å². The van der Waals surface area contributed by atoms with Gasteiger partial charge in [-0.2, -0.15) is 0 Å². The second-order valence-electron chi connectivity index (χ2n) is 6.75. The lowest BCUT2D eigenvalue weighted by molar-refractivity contribution is -0.139. The number of benzene rings is 1. The van der Waals surface area contributed by atoms with Crippen LogP contribution in [0.5, 0.6) is 0 Å². The maximum atomic E-state index is 13.8. The summed E-state index contributed by atoms with van der Waals surface area (Å²) in [5, 5.41) is 11.8. The van der Waals surface area contributed by atoms with Gasteiger partial charge in [0, 0.05) is 11.5 Å². The molecule has 1 aromatic carbocycles. The van der Waals surface area contributed by atoms with Crippen LogP contribution in [0.2, 0.25) is 0 Å². The molecule has 1 aliphatic carbocycles. The Morgan fingerprint density at radius 3 is 2.61 bits per heavy atom. The molecule has 1 saturated carbocycles. The highest BCUT2D eigenvalue weighted by molar-refractivity contribution is 5.84. The maximum absolute atomic E-state index is 13.8. The van der Waals surface area contributed by atoms with Gasteiger partial charge in [-0.15, -0.1) is 0 Å². The summed E-state index contributed by atoms with van der Waals surface area (Å²) in [6.45, 7) is 5.35. The zero-order valence-corrected chi connectivity index (χ0v) is 13.4. The van der Waals surface area contributed by atoms with Crippen LogP contribution in [-0.2, 0) is 9.59 Å². The predicted molar refractivity (Wildman–Crippen MR) is 80.8 cm³/mol. The summed E-state index contributed by atoms with van der Waals surface area (Å²) in [4.78, 5) is 23.4. The van der Waals surface area contributed by atoms with Gasteiger partial charge in [0.15, 0.2) is 0 Å². The molecule has 0 aromatic heterocycles. The third-order valence-corrected chi connectivity index (χ3v) is 4.69. The van der Waals surface area contributed by atoms with Gasteiger partial charge in [0.2, 0.25) is 5.91 Å². The second-order valence-corrected chi connectivity index (χ2v) is 6.75. The number of hydrogen-bond acceptors (Lipinski definition) is 2. The smallest absolute Gasteiger partial charge is 0.305 e. The van der Waals surface area contributed by atoms with E-state index in [-0.39, 0.29) is 29.7 Å². The molecule has 2 rings (SSSR count). The quantitative estimate of drug-likeness (QED) is 0.845. The highest BCUT2D eigenvalue weighted by Gasteiger charge is 2.47. The number of halogens is 2. The van der Waals surface area contributed by atoms with E-state index in [1.54, 1.807) is 6.92 Å². The molecular weight excluding hydrogens is 304 g/mol. The predicted octanol–water partition coefficient (Wildman–Crippen LogP) is 3.07. The summed E-state index contributed by atoms with van der Waals surface area (Å²) in [5.41, 5.74) is -0.675. The number of nitrogens with one attached hydrogen (secondary N) is 1. The molecule has 0 heterocycles. The third-order valence-electron chi connectivity index (χ3n) is 4.69. The van der Waals surface area contributed by atoms with Crippen LogP contribution in [0.3, 0.4) is 0 Å². The molecule has 3 unspecified atom stereocenters. The van der Waals surface area contributed by atoms with E-state index in [0.29, 0.717) is 6.42 Å².